The highest BCUT2D eigenvalue weighted by molar-refractivity contribution is 7.16. The maximum atomic E-state index is 11.8. The Bertz CT molecular complexity index is 514. The molecule has 17 heavy (non-hydrogen) atoms. The van der Waals surface area contributed by atoms with Crippen molar-refractivity contribution < 1.29 is 4.79 Å². The SMILES string of the molecule is CNC(=O)c1sc(-n2cccc2)nc1C(C)C. The molecule has 0 saturated heterocycles. The number of aromatic nitrogens is 2. The summed E-state index contributed by atoms with van der Waals surface area (Å²) in [6, 6.07) is 3.88. The summed E-state index contributed by atoms with van der Waals surface area (Å²) in [5.41, 5.74) is 0.859. The Balaban J connectivity index is 2.48. The van der Waals surface area contributed by atoms with Gasteiger partial charge in [-0.2, -0.15) is 0 Å². The second-order valence-corrected chi connectivity index (χ2v) is 5.01. The van der Waals surface area contributed by atoms with E-state index in [4.69, 9.17) is 0 Å². The Hall–Kier alpha value is -1.62. The fraction of sp³-hybridized carbons (Fsp3) is 0.333. The summed E-state index contributed by atoms with van der Waals surface area (Å²) >= 11 is 1.42. The van der Waals surface area contributed by atoms with Crippen LogP contribution in [0.4, 0.5) is 0 Å². The molecule has 0 radical (unpaired) electrons. The standard InChI is InChI=1S/C12H15N3OS/c1-8(2)9-10(11(16)13-3)17-12(14-9)15-6-4-5-7-15/h4-8H,1-3H3,(H,13,16). The van der Waals surface area contributed by atoms with Crippen molar-refractivity contribution in [1.82, 2.24) is 14.9 Å². The van der Waals surface area contributed by atoms with Crippen LogP contribution in [0.3, 0.4) is 0 Å². The van der Waals surface area contributed by atoms with E-state index in [-0.39, 0.29) is 11.8 Å². The molecule has 0 aliphatic carbocycles. The van der Waals surface area contributed by atoms with E-state index in [1.807, 2.05) is 42.9 Å². The van der Waals surface area contributed by atoms with Crippen molar-refractivity contribution in [2.24, 2.45) is 0 Å². The van der Waals surface area contributed by atoms with Gasteiger partial charge in [0.05, 0.1) is 5.69 Å². The first-order valence-corrected chi connectivity index (χ1v) is 6.31. The van der Waals surface area contributed by atoms with Crippen LogP contribution >= 0.6 is 11.3 Å². The van der Waals surface area contributed by atoms with Gasteiger partial charge in [0.2, 0.25) is 0 Å². The number of carbonyl (C=O) groups excluding carboxylic acids is 1. The smallest absolute Gasteiger partial charge is 0.263 e. The van der Waals surface area contributed by atoms with Gasteiger partial charge in [-0.3, -0.25) is 4.79 Å². The van der Waals surface area contributed by atoms with Crippen molar-refractivity contribution in [1.29, 1.82) is 0 Å². The van der Waals surface area contributed by atoms with Gasteiger partial charge in [0.15, 0.2) is 5.13 Å². The lowest BCUT2D eigenvalue weighted by atomic mass is 10.1. The average Bonchev–Trinajstić information content (AvgIpc) is 2.95. The second-order valence-electron chi connectivity index (χ2n) is 4.03. The predicted octanol–water partition coefficient (Wildman–Crippen LogP) is 2.42. The van der Waals surface area contributed by atoms with Crippen LogP contribution in [0.25, 0.3) is 5.13 Å². The van der Waals surface area contributed by atoms with E-state index in [9.17, 15) is 4.79 Å². The lowest BCUT2D eigenvalue weighted by Crippen LogP contribution is -2.18. The molecule has 2 rings (SSSR count). The summed E-state index contributed by atoms with van der Waals surface area (Å²) < 4.78 is 1.92. The summed E-state index contributed by atoms with van der Waals surface area (Å²) in [5, 5.41) is 3.49. The molecule has 0 fully saturated rings. The molecule has 0 bridgehead atoms. The predicted molar refractivity (Wildman–Crippen MR) is 68.9 cm³/mol. The number of carbonyl (C=O) groups is 1. The Labute approximate surface area is 104 Å². The molecular formula is C12H15N3OS. The molecule has 0 unspecified atom stereocenters. The van der Waals surface area contributed by atoms with Gasteiger partial charge in [-0.1, -0.05) is 25.2 Å². The fourth-order valence-corrected chi connectivity index (χ4v) is 2.69. The van der Waals surface area contributed by atoms with Crippen LogP contribution in [0, 0.1) is 0 Å². The Morgan fingerprint density at radius 1 is 1.41 bits per heavy atom. The molecule has 90 valence electrons. The van der Waals surface area contributed by atoms with Crippen molar-refractivity contribution in [3.63, 3.8) is 0 Å². The first-order valence-electron chi connectivity index (χ1n) is 5.49. The molecule has 1 N–H and O–H groups in total. The number of rotatable bonds is 3. The zero-order valence-corrected chi connectivity index (χ0v) is 10.9. The van der Waals surface area contributed by atoms with Gasteiger partial charge < -0.3 is 9.88 Å². The van der Waals surface area contributed by atoms with E-state index in [0.29, 0.717) is 4.88 Å². The van der Waals surface area contributed by atoms with Crippen LogP contribution in [-0.2, 0) is 0 Å². The summed E-state index contributed by atoms with van der Waals surface area (Å²) in [7, 11) is 1.64. The maximum Gasteiger partial charge on any atom is 0.263 e. The topological polar surface area (TPSA) is 46.9 Å². The van der Waals surface area contributed by atoms with Crippen LogP contribution in [0.2, 0.25) is 0 Å². The van der Waals surface area contributed by atoms with E-state index in [0.717, 1.165) is 10.8 Å². The maximum absolute atomic E-state index is 11.8. The van der Waals surface area contributed by atoms with Gasteiger partial charge in [-0.05, 0) is 18.1 Å². The van der Waals surface area contributed by atoms with E-state index in [2.05, 4.69) is 10.3 Å². The largest absolute Gasteiger partial charge is 0.354 e. The van der Waals surface area contributed by atoms with Gasteiger partial charge in [0.25, 0.3) is 5.91 Å². The normalized spacial score (nSPS) is 10.8. The second kappa shape index (κ2) is 4.71. The van der Waals surface area contributed by atoms with Gasteiger partial charge in [0.1, 0.15) is 4.88 Å². The molecule has 0 aliphatic rings. The summed E-state index contributed by atoms with van der Waals surface area (Å²) in [5.74, 6) is 0.174. The number of amides is 1. The molecule has 2 heterocycles. The number of thiazole rings is 1. The molecule has 0 aliphatic heterocycles. The number of nitrogens with zero attached hydrogens (tertiary/aromatic N) is 2. The minimum atomic E-state index is -0.0652. The van der Waals surface area contributed by atoms with Crippen LogP contribution in [0.5, 0.6) is 0 Å². The average molecular weight is 249 g/mol. The monoisotopic (exact) mass is 249 g/mol. The van der Waals surface area contributed by atoms with Crippen LogP contribution in [-0.4, -0.2) is 22.5 Å². The molecule has 1 amide bonds. The Morgan fingerprint density at radius 2 is 2.06 bits per heavy atom. The van der Waals surface area contributed by atoms with Crippen LogP contribution in [0.15, 0.2) is 24.5 Å². The molecule has 5 heteroatoms. The number of nitrogens with one attached hydrogen (secondary N) is 1. The minimum absolute atomic E-state index is 0.0652. The fourth-order valence-electron chi connectivity index (χ4n) is 1.56. The zero-order valence-electron chi connectivity index (χ0n) is 10.1. The minimum Gasteiger partial charge on any atom is -0.354 e. The lowest BCUT2D eigenvalue weighted by Gasteiger charge is -2.02. The molecule has 0 aromatic carbocycles. The quantitative estimate of drug-likeness (QED) is 0.908. The molecule has 4 nitrogen and oxygen atoms in total. The van der Waals surface area contributed by atoms with Gasteiger partial charge in [-0.15, -0.1) is 0 Å². The van der Waals surface area contributed by atoms with Gasteiger partial charge >= 0.3 is 0 Å². The first-order chi connectivity index (χ1) is 8.13. The lowest BCUT2D eigenvalue weighted by molar-refractivity contribution is 0.0965. The van der Waals surface area contributed by atoms with Crippen molar-refractivity contribution in [3.05, 3.63) is 35.1 Å². The number of hydrogen-bond acceptors (Lipinski definition) is 3. The third-order valence-electron chi connectivity index (χ3n) is 2.45. The van der Waals surface area contributed by atoms with Crippen LogP contribution in [0.1, 0.15) is 35.1 Å². The summed E-state index contributed by atoms with van der Waals surface area (Å²) in [6.07, 6.45) is 3.85. The van der Waals surface area contributed by atoms with Gasteiger partial charge in [0, 0.05) is 19.4 Å². The van der Waals surface area contributed by atoms with E-state index in [1.54, 1.807) is 7.05 Å². The molecule has 2 aromatic heterocycles. The van der Waals surface area contributed by atoms with Crippen molar-refractivity contribution in [3.8, 4) is 5.13 Å². The van der Waals surface area contributed by atoms with E-state index < -0.39 is 0 Å². The van der Waals surface area contributed by atoms with Crippen molar-refractivity contribution >= 4 is 17.2 Å². The highest BCUT2D eigenvalue weighted by Crippen LogP contribution is 2.27. The third-order valence-corrected chi connectivity index (χ3v) is 3.53. The van der Waals surface area contributed by atoms with Crippen LogP contribution < -0.4 is 5.32 Å². The first kappa shape index (κ1) is 11.9. The Morgan fingerprint density at radius 3 is 2.59 bits per heavy atom. The highest BCUT2D eigenvalue weighted by Gasteiger charge is 2.19. The highest BCUT2D eigenvalue weighted by atomic mass is 32.1. The third kappa shape index (κ3) is 2.24. The summed E-state index contributed by atoms with van der Waals surface area (Å²) in [6.45, 7) is 4.09. The molecular weight excluding hydrogens is 234 g/mol. The van der Waals surface area contributed by atoms with E-state index >= 15 is 0 Å². The van der Waals surface area contributed by atoms with E-state index in [1.165, 1.54) is 11.3 Å². The molecule has 2 aromatic rings. The zero-order chi connectivity index (χ0) is 12.4. The molecule has 0 atom stereocenters. The molecule has 0 saturated carbocycles. The van der Waals surface area contributed by atoms with Gasteiger partial charge in [-0.25, -0.2) is 4.98 Å². The summed E-state index contributed by atoms with van der Waals surface area (Å²) in [4.78, 5) is 17.0. The molecule has 0 spiro atoms. The number of hydrogen-bond donors (Lipinski definition) is 1. The van der Waals surface area contributed by atoms with Crippen molar-refractivity contribution in [2.75, 3.05) is 7.05 Å². The van der Waals surface area contributed by atoms with Crippen molar-refractivity contribution in [2.45, 2.75) is 19.8 Å². The Kier molecular flexibility index (Phi) is 3.28.